The van der Waals surface area contributed by atoms with Gasteiger partial charge in [-0.05, 0) is 38.1 Å². The molecule has 5 heteroatoms. The summed E-state index contributed by atoms with van der Waals surface area (Å²) in [4.78, 5) is 4.77. The van der Waals surface area contributed by atoms with Gasteiger partial charge in [-0.25, -0.2) is 0 Å². The molecular weight excluding hydrogens is 280 g/mol. The van der Waals surface area contributed by atoms with Gasteiger partial charge in [0, 0.05) is 25.7 Å². The average molecular weight is 308 g/mol. The van der Waals surface area contributed by atoms with Crippen LogP contribution in [0.5, 0.6) is 11.5 Å². The quantitative estimate of drug-likeness (QED) is 0.840. The van der Waals surface area contributed by atoms with Crippen LogP contribution in [-0.2, 0) is 0 Å². The van der Waals surface area contributed by atoms with Crippen molar-refractivity contribution in [2.24, 2.45) is 0 Å². The number of ether oxygens (including phenoxy) is 1. The first kappa shape index (κ1) is 17.1. The Balaban J connectivity index is 2.16. The first-order valence-corrected chi connectivity index (χ1v) is 8.15. The third-order valence-electron chi connectivity index (χ3n) is 4.48. The second-order valence-corrected chi connectivity index (χ2v) is 5.83. The minimum atomic E-state index is -0.0544. The summed E-state index contributed by atoms with van der Waals surface area (Å²) in [6.07, 6.45) is 0. The monoisotopic (exact) mass is 308 g/mol. The van der Waals surface area contributed by atoms with Crippen LogP contribution in [0.2, 0.25) is 0 Å². The number of aliphatic hydroxyl groups excluding tert-OH is 1. The maximum Gasteiger partial charge on any atom is 0.161 e. The second kappa shape index (κ2) is 7.81. The third kappa shape index (κ3) is 3.72. The zero-order chi connectivity index (χ0) is 16.1. The summed E-state index contributed by atoms with van der Waals surface area (Å²) in [6, 6.07) is 5.79. The summed E-state index contributed by atoms with van der Waals surface area (Å²) in [5.41, 5.74) is 0.987. The van der Waals surface area contributed by atoms with Crippen molar-refractivity contribution in [2.75, 3.05) is 39.4 Å². The summed E-state index contributed by atoms with van der Waals surface area (Å²) in [5.74, 6) is 0.630. The molecule has 5 nitrogen and oxygen atoms in total. The van der Waals surface area contributed by atoms with E-state index < -0.39 is 0 Å². The van der Waals surface area contributed by atoms with Gasteiger partial charge in [-0.3, -0.25) is 9.80 Å². The smallest absolute Gasteiger partial charge is 0.161 e. The highest BCUT2D eigenvalue weighted by molar-refractivity contribution is 5.42. The molecule has 1 aromatic rings. The molecule has 1 aliphatic rings. The van der Waals surface area contributed by atoms with Gasteiger partial charge in [-0.15, -0.1) is 0 Å². The normalized spacial score (nSPS) is 21.7. The van der Waals surface area contributed by atoms with Crippen LogP contribution in [0.25, 0.3) is 0 Å². The molecule has 0 bridgehead atoms. The molecule has 1 fully saturated rings. The molecule has 1 saturated heterocycles. The largest absolute Gasteiger partial charge is 0.504 e. The molecule has 1 aliphatic heterocycles. The summed E-state index contributed by atoms with van der Waals surface area (Å²) in [7, 11) is 0. The van der Waals surface area contributed by atoms with Crippen molar-refractivity contribution in [3.8, 4) is 11.5 Å². The van der Waals surface area contributed by atoms with Gasteiger partial charge in [0.25, 0.3) is 0 Å². The van der Waals surface area contributed by atoms with Crippen molar-refractivity contribution in [3.05, 3.63) is 23.8 Å². The van der Waals surface area contributed by atoms with Gasteiger partial charge in [0.2, 0.25) is 0 Å². The Morgan fingerprint density at radius 1 is 1.32 bits per heavy atom. The van der Waals surface area contributed by atoms with E-state index in [4.69, 9.17) is 4.74 Å². The summed E-state index contributed by atoms with van der Waals surface area (Å²) in [5, 5.41) is 19.7. The molecule has 0 aliphatic carbocycles. The number of hydrogen-bond donors (Lipinski definition) is 2. The molecule has 2 atom stereocenters. The number of hydrogen-bond acceptors (Lipinski definition) is 5. The van der Waals surface area contributed by atoms with E-state index >= 15 is 0 Å². The molecule has 2 rings (SSSR count). The zero-order valence-corrected chi connectivity index (χ0v) is 13.8. The first-order chi connectivity index (χ1) is 10.6. The molecular formula is C17H28N2O3. The van der Waals surface area contributed by atoms with E-state index in [1.807, 2.05) is 19.1 Å². The summed E-state index contributed by atoms with van der Waals surface area (Å²) in [6.45, 7) is 10.8. The van der Waals surface area contributed by atoms with Crippen LogP contribution in [0, 0.1) is 0 Å². The van der Waals surface area contributed by atoms with Crippen molar-refractivity contribution in [1.29, 1.82) is 0 Å². The fraction of sp³-hybridized carbons (Fsp3) is 0.647. The van der Waals surface area contributed by atoms with Gasteiger partial charge < -0.3 is 14.9 Å². The fourth-order valence-corrected chi connectivity index (χ4v) is 3.22. The number of rotatable bonds is 6. The van der Waals surface area contributed by atoms with E-state index in [0.717, 1.165) is 31.7 Å². The Hall–Kier alpha value is -1.30. The van der Waals surface area contributed by atoms with Crippen molar-refractivity contribution in [3.63, 3.8) is 0 Å². The SMILES string of the molecule is CCOc1cc(C(CO)N2CCN(CC)C(C)C2)ccc1O. The minimum absolute atomic E-state index is 0.0544. The minimum Gasteiger partial charge on any atom is -0.504 e. The number of phenols is 1. The number of phenolic OH excluding ortho intramolecular Hbond substituents is 1. The van der Waals surface area contributed by atoms with Crippen LogP contribution in [0.15, 0.2) is 18.2 Å². The van der Waals surface area contributed by atoms with Crippen LogP contribution in [0.1, 0.15) is 32.4 Å². The third-order valence-corrected chi connectivity index (χ3v) is 4.48. The molecule has 1 heterocycles. The number of nitrogens with zero attached hydrogens (tertiary/aromatic N) is 2. The molecule has 2 unspecified atom stereocenters. The Bertz CT molecular complexity index is 481. The Kier molecular flexibility index (Phi) is 6.06. The van der Waals surface area contributed by atoms with Gasteiger partial charge in [-0.2, -0.15) is 0 Å². The number of aliphatic hydroxyl groups is 1. The van der Waals surface area contributed by atoms with E-state index in [2.05, 4.69) is 23.6 Å². The Morgan fingerprint density at radius 2 is 2.09 bits per heavy atom. The number of aromatic hydroxyl groups is 1. The molecule has 1 aromatic carbocycles. The topological polar surface area (TPSA) is 56.2 Å². The predicted octanol–water partition coefficient (Wildman–Crippen LogP) is 1.85. The lowest BCUT2D eigenvalue weighted by Gasteiger charge is -2.42. The molecule has 124 valence electrons. The maximum atomic E-state index is 9.87. The average Bonchev–Trinajstić information content (AvgIpc) is 2.51. The maximum absolute atomic E-state index is 9.87. The highest BCUT2D eigenvalue weighted by Crippen LogP contribution is 2.32. The van der Waals surface area contributed by atoms with E-state index in [0.29, 0.717) is 18.4 Å². The van der Waals surface area contributed by atoms with Gasteiger partial charge >= 0.3 is 0 Å². The van der Waals surface area contributed by atoms with E-state index in [9.17, 15) is 10.2 Å². The van der Waals surface area contributed by atoms with Crippen LogP contribution >= 0.6 is 0 Å². The molecule has 22 heavy (non-hydrogen) atoms. The lowest BCUT2D eigenvalue weighted by atomic mass is 10.0. The fourth-order valence-electron chi connectivity index (χ4n) is 3.22. The Labute approximate surface area is 133 Å². The van der Waals surface area contributed by atoms with Crippen LogP contribution in [0.4, 0.5) is 0 Å². The number of benzene rings is 1. The molecule has 0 amide bonds. The van der Waals surface area contributed by atoms with Crippen LogP contribution < -0.4 is 4.74 Å². The zero-order valence-electron chi connectivity index (χ0n) is 13.8. The van der Waals surface area contributed by atoms with Crippen molar-refractivity contribution in [1.82, 2.24) is 9.80 Å². The first-order valence-electron chi connectivity index (χ1n) is 8.15. The van der Waals surface area contributed by atoms with Crippen molar-refractivity contribution in [2.45, 2.75) is 32.9 Å². The molecule has 0 aromatic heterocycles. The van der Waals surface area contributed by atoms with E-state index in [1.54, 1.807) is 6.07 Å². The predicted molar refractivity (Wildman–Crippen MR) is 87.4 cm³/mol. The summed E-state index contributed by atoms with van der Waals surface area (Å²) < 4.78 is 5.46. The summed E-state index contributed by atoms with van der Waals surface area (Å²) >= 11 is 0. The van der Waals surface area contributed by atoms with Crippen molar-refractivity contribution >= 4 is 0 Å². The van der Waals surface area contributed by atoms with Gasteiger partial charge in [0.1, 0.15) is 0 Å². The van der Waals surface area contributed by atoms with Gasteiger partial charge in [0.05, 0.1) is 19.3 Å². The Morgan fingerprint density at radius 3 is 2.68 bits per heavy atom. The standard InChI is InChI=1S/C17H28N2O3/c1-4-18-8-9-19(11-13(18)3)15(12-20)14-6-7-16(21)17(10-14)22-5-2/h6-7,10,13,15,20-21H,4-5,8-9,11-12H2,1-3H3. The second-order valence-electron chi connectivity index (χ2n) is 5.83. The van der Waals surface area contributed by atoms with E-state index in [-0.39, 0.29) is 18.4 Å². The molecule has 2 N–H and O–H groups in total. The lowest BCUT2D eigenvalue weighted by Crippen LogP contribution is -2.53. The number of piperazine rings is 1. The number of likely N-dealkylation sites (N-methyl/N-ethyl adjacent to an activating group) is 1. The van der Waals surface area contributed by atoms with Gasteiger partial charge in [-0.1, -0.05) is 13.0 Å². The van der Waals surface area contributed by atoms with Crippen LogP contribution in [-0.4, -0.2) is 65.4 Å². The highest BCUT2D eigenvalue weighted by atomic mass is 16.5. The highest BCUT2D eigenvalue weighted by Gasteiger charge is 2.28. The molecule has 0 spiro atoms. The van der Waals surface area contributed by atoms with Gasteiger partial charge in [0.15, 0.2) is 11.5 Å². The molecule has 0 radical (unpaired) electrons. The van der Waals surface area contributed by atoms with E-state index in [1.165, 1.54) is 0 Å². The molecule has 0 saturated carbocycles. The lowest BCUT2D eigenvalue weighted by molar-refractivity contribution is 0.0366. The van der Waals surface area contributed by atoms with Crippen LogP contribution in [0.3, 0.4) is 0 Å². The van der Waals surface area contributed by atoms with Crippen molar-refractivity contribution < 1.29 is 14.9 Å².